The molecule has 19 heavy (non-hydrogen) atoms. The highest BCUT2D eigenvalue weighted by Crippen LogP contribution is 2.18. The molecule has 0 aliphatic rings. The molecule has 0 atom stereocenters. The summed E-state index contributed by atoms with van der Waals surface area (Å²) in [6.07, 6.45) is 2.47. The second kappa shape index (κ2) is 6.39. The predicted octanol–water partition coefficient (Wildman–Crippen LogP) is 4.58. The monoisotopic (exact) mass is 340 g/mol. The van der Waals surface area contributed by atoms with Gasteiger partial charge in [0.2, 0.25) is 0 Å². The number of aromatic nitrogens is 2. The number of aromatic amines is 1. The quantitative estimate of drug-likeness (QED) is 0.825. The lowest BCUT2D eigenvalue weighted by Crippen LogP contribution is -2.03. The van der Waals surface area contributed by atoms with Gasteiger partial charge in [-0.15, -0.1) is 0 Å². The van der Waals surface area contributed by atoms with Crippen molar-refractivity contribution in [1.82, 2.24) is 9.97 Å². The summed E-state index contributed by atoms with van der Waals surface area (Å²) in [5.41, 5.74) is 1.93. The molecule has 1 N–H and O–H groups in total. The van der Waals surface area contributed by atoms with Crippen molar-refractivity contribution in [2.75, 3.05) is 0 Å². The Bertz CT molecular complexity index is 640. The smallest absolute Gasteiger partial charge is 0.144 e. The molecular formula is C14H14BrFN2S. The third-order valence-electron chi connectivity index (χ3n) is 2.74. The molecule has 0 amide bonds. The van der Waals surface area contributed by atoms with Gasteiger partial charge in [0.15, 0.2) is 0 Å². The first-order chi connectivity index (χ1) is 9.10. The van der Waals surface area contributed by atoms with E-state index < -0.39 is 0 Å². The maximum atomic E-state index is 13.2. The molecule has 1 heterocycles. The summed E-state index contributed by atoms with van der Waals surface area (Å²) in [4.78, 5) is 7.61. The molecule has 1 aromatic heterocycles. The Morgan fingerprint density at radius 3 is 2.89 bits per heavy atom. The van der Waals surface area contributed by atoms with E-state index >= 15 is 0 Å². The number of halogens is 2. The summed E-state index contributed by atoms with van der Waals surface area (Å²) < 4.78 is 14.6. The zero-order chi connectivity index (χ0) is 13.8. The van der Waals surface area contributed by atoms with E-state index in [4.69, 9.17) is 12.2 Å². The Morgan fingerprint density at radius 2 is 2.21 bits per heavy atom. The lowest BCUT2D eigenvalue weighted by Gasteiger charge is -2.08. The summed E-state index contributed by atoms with van der Waals surface area (Å²) in [7, 11) is 0. The predicted molar refractivity (Wildman–Crippen MR) is 80.3 cm³/mol. The fourth-order valence-electron chi connectivity index (χ4n) is 1.90. The Kier molecular flexibility index (Phi) is 4.82. The van der Waals surface area contributed by atoms with E-state index in [0.717, 1.165) is 34.4 Å². The van der Waals surface area contributed by atoms with Crippen molar-refractivity contribution >= 4 is 28.1 Å². The third kappa shape index (κ3) is 3.70. The second-order valence-corrected chi connectivity index (χ2v) is 5.52. The van der Waals surface area contributed by atoms with Crippen molar-refractivity contribution in [3.8, 4) is 0 Å². The first kappa shape index (κ1) is 14.3. The summed E-state index contributed by atoms with van der Waals surface area (Å²) >= 11 is 8.69. The molecule has 2 nitrogen and oxygen atoms in total. The van der Waals surface area contributed by atoms with Gasteiger partial charge in [0, 0.05) is 12.1 Å². The number of nitrogens with one attached hydrogen (secondary N) is 1. The van der Waals surface area contributed by atoms with Gasteiger partial charge in [-0.05, 0) is 40.0 Å². The Labute approximate surface area is 125 Å². The van der Waals surface area contributed by atoms with Crippen molar-refractivity contribution in [3.05, 3.63) is 56.3 Å². The minimum atomic E-state index is -0.234. The lowest BCUT2D eigenvalue weighted by atomic mass is 10.1. The van der Waals surface area contributed by atoms with E-state index in [1.807, 2.05) is 6.07 Å². The highest BCUT2D eigenvalue weighted by molar-refractivity contribution is 9.10. The van der Waals surface area contributed by atoms with E-state index in [-0.39, 0.29) is 5.82 Å². The first-order valence-electron chi connectivity index (χ1n) is 6.12. The van der Waals surface area contributed by atoms with Gasteiger partial charge in [-0.3, -0.25) is 0 Å². The standard InChI is InChI=1S/C14H14BrFN2S/c1-2-4-11-13(15)14(19)18-12(17-11)8-9-5-3-6-10(16)7-9/h3,5-7H,2,4,8H2,1H3,(H,17,18,19). The number of nitrogens with zero attached hydrogens (tertiary/aromatic N) is 1. The molecule has 2 rings (SSSR count). The maximum absolute atomic E-state index is 13.2. The van der Waals surface area contributed by atoms with E-state index in [9.17, 15) is 4.39 Å². The number of hydrogen-bond donors (Lipinski definition) is 1. The van der Waals surface area contributed by atoms with Crippen LogP contribution in [0.15, 0.2) is 28.7 Å². The van der Waals surface area contributed by atoms with Crippen LogP contribution in [0.1, 0.15) is 30.4 Å². The molecule has 100 valence electrons. The van der Waals surface area contributed by atoms with Gasteiger partial charge in [0.05, 0.1) is 4.47 Å². The molecule has 0 spiro atoms. The molecule has 5 heteroatoms. The number of aryl methyl sites for hydroxylation is 1. The average Bonchev–Trinajstić information content (AvgIpc) is 2.35. The molecule has 0 bridgehead atoms. The normalized spacial score (nSPS) is 10.7. The van der Waals surface area contributed by atoms with Crippen LogP contribution >= 0.6 is 28.1 Å². The van der Waals surface area contributed by atoms with Crippen molar-refractivity contribution in [3.63, 3.8) is 0 Å². The van der Waals surface area contributed by atoms with Crippen LogP contribution < -0.4 is 0 Å². The maximum Gasteiger partial charge on any atom is 0.144 e. The number of hydrogen-bond acceptors (Lipinski definition) is 2. The van der Waals surface area contributed by atoms with Crippen LogP contribution in [-0.4, -0.2) is 9.97 Å². The SMILES string of the molecule is CCCc1[nH]c(Cc2cccc(F)c2)nc(=S)c1Br. The molecule has 0 aliphatic heterocycles. The van der Waals surface area contributed by atoms with Crippen molar-refractivity contribution < 1.29 is 4.39 Å². The Hall–Kier alpha value is -1.07. The molecule has 0 fully saturated rings. The van der Waals surface area contributed by atoms with Gasteiger partial charge in [0.1, 0.15) is 16.3 Å². The van der Waals surface area contributed by atoms with Gasteiger partial charge in [-0.25, -0.2) is 9.37 Å². The summed E-state index contributed by atoms with van der Waals surface area (Å²) in [5.74, 6) is 0.532. The lowest BCUT2D eigenvalue weighted by molar-refractivity contribution is 0.625. The minimum Gasteiger partial charge on any atom is -0.346 e. The van der Waals surface area contributed by atoms with E-state index in [1.165, 1.54) is 12.1 Å². The summed E-state index contributed by atoms with van der Waals surface area (Å²) in [5, 5.41) is 0. The fourth-order valence-corrected chi connectivity index (χ4v) is 2.52. The van der Waals surface area contributed by atoms with E-state index in [1.54, 1.807) is 6.07 Å². The molecule has 0 radical (unpaired) electrons. The van der Waals surface area contributed by atoms with Crippen LogP contribution in [0.4, 0.5) is 4.39 Å². The third-order valence-corrected chi connectivity index (χ3v) is 4.16. The molecular weight excluding hydrogens is 327 g/mol. The van der Waals surface area contributed by atoms with Crippen LogP contribution in [-0.2, 0) is 12.8 Å². The summed E-state index contributed by atoms with van der Waals surface area (Å²) in [6, 6.07) is 6.53. The van der Waals surface area contributed by atoms with Crippen molar-refractivity contribution in [2.24, 2.45) is 0 Å². The van der Waals surface area contributed by atoms with Crippen molar-refractivity contribution in [2.45, 2.75) is 26.2 Å². The van der Waals surface area contributed by atoms with Gasteiger partial charge in [-0.1, -0.05) is 37.7 Å². The molecule has 1 aromatic carbocycles. The Balaban J connectivity index is 2.33. The summed E-state index contributed by atoms with van der Waals surface area (Å²) in [6.45, 7) is 2.11. The zero-order valence-corrected chi connectivity index (χ0v) is 12.9. The molecule has 2 aromatic rings. The fraction of sp³-hybridized carbons (Fsp3) is 0.286. The largest absolute Gasteiger partial charge is 0.346 e. The van der Waals surface area contributed by atoms with Crippen LogP contribution in [0, 0.1) is 10.5 Å². The zero-order valence-electron chi connectivity index (χ0n) is 10.5. The van der Waals surface area contributed by atoms with E-state index in [2.05, 4.69) is 32.8 Å². The van der Waals surface area contributed by atoms with Gasteiger partial charge in [0.25, 0.3) is 0 Å². The van der Waals surface area contributed by atoms with Crippen molar-refractivity contribution in [1.29, 1.82) is 0 Å². The van der Waals surface area contributed by atoms with E-state index in [0.29, 0.717) is 11.1 Å². The van der Waals surface area contributed by atoms with Crippen LogP contribution in [0.2, 0.25) is 0 Å². The van der Waals surface area contributed by atoms with Crippen LogP contribution in [0.25, 0.3) is 0 Å². The molecule has 0 saturated heterocycles. The highest BCUT2D eigenvalue weighted by atomic mass is 79.9. The van der Waals surface area contributed by atoms with Crippen LogP contribution in [0.3, 0.4) is 0 Å². The first-order valence-corrected chi connectivity index (χ1v) is 7.32. The second-order valence-electron chi connectivity index (χ2n) is 4.34. The Morgan fingerprint density at radius 1 is 1.42 bits per heavy atom. The van der Waals surface area contributed by atoms with Gasteiger partial charge < -0.3 is 4.98 Å². The highest BCUT2D eigenvalue weighted by Gasteiger charge is 2.07. The van der Waals surface area contributed by atoms with Gasteiger partial charge in [-0.2, -0.15) is 0 Å². The number of benzene rings is 1. The van der Waals surface area contributed by atoms with Gasteiger partial charge >= 0.3 is 0 Å². The molecule has 0 aliphatic carbocycles. The average molecular weight is 341 g/mol. The molecule has 0 saturated carbocycles. The molecule has 0 unspecified atom stereocenters. The van der Waals surface area contributed by atoms with Crippen LogP contribution in [0.5, 0.6) is 0 Å². The topological polar surface area (TPSA) is 28.7 Å². The number of rotatable bonds is 4. The number of H-pyrrole nitrogens is 1. The minimum absolute atomic E-state index is 0.234.